The van der Waals surface area contributed by atoms with Gasteiger partial charge >= 0.3 is 0 Å². The Kier molecular flexibility index (Phi) is 8.56. The highest BCUT2D eigenvalue weighted by atomic mass is 16.5. The van der Waals surface area contributed by atoms with Gasteiger partial charge in [0.2, 0.25) is 5.95 Å². The van der Waals surface area contributed by atoms with Crippen LogP contribution in [0.4, 0.5) is 23.3 Å². The van der Waals surface area contributed by atoms with E-state index in [1.54, 1.807) is 13.2 Å². The average Bonchev–Trinajstić information content (AvgIpc) is 2.89. The molecule has 1 heterocycles. The zero-order valence-electron chi connectivity index (χ0n) is 23.5. The summed E-state index contributed by atoms with van der Waals surface area (Å²) < 4.78 is 5.49. The number of nitrogens with zero attached hydrogens (tertiary/aromatic N) is 4. The molecule has 0 saturated heterocycles. The minimum atomic E-state index is 0.320. The number of benzene rings is 3. The SMILES string of the molecule is COc1ccccc1Nc1cc(NN=C(C)c2cc(C)cc(C)c2)nc(NN=C(C)c2cc(C)cc(C)c2)n1. The van der Waals surface area contributed by atoms with Crippen molar-refractivity contribution < 1.29 is 4.74 Å². The van der Waals surface area contributed by atoms with Crippen molar-refractivity contribution in [3.63, 3.8) is 0 Å². The maximum atomic E-state index is 5.49. The standard InChI is InChI=1S/C31H35N7O/c1-19-12-20(2)15-25(14-19)23(5)35-37-30-18-29(32-27-10-8-9-11-28(27)39-7)33-31(34-30)38-36-24(6)26-16-21(3)13-22(4)17-26/h8-18H,1-7H3,(H3,32,33,34,37,38). The van der Waals surface area contributed by atoms with Crippen molar-refractivity contribution in [2.75, 3.05) is 23.3 Å². The fraction of sp³-hybridized carbons (Fsp3) is 0.226. The van der Waals surface area contributed by atoms with E-state index in [1.165, 1.54) is 22.3 Å². The molecule has 0 atom stereocenters. The third kappa shape index (κ3) is 7.41. The fourth-order valence-corrected chi connectivity index (χ4v) is 4.28. The van der Waals surface area contributed by atoms with Gasteiger partial charge in [-0.2, -0.15) is 20.2 Å². The molecule has 1 aromatic heterocycles. The lowest BCUT2D eigenvalue weighted by Crippen LogP contribution is -2.07. The van der Waals surface area contributed by atoms with E-state index in [1.807, 2.05) is 38.1 Å². The van der Waals surface area contributed by atoms with E-state index >= 15 is 0 Å². The minimum absolute atomic E-state index is 0.320. The Hall–Kier alpha value is -4.72. The lowest BCUT2D eigenvalue weighted by Gasteiger charge is -2.13. The minimum Gasteiger partial charge on any atom is -0.495 e. The van der Waals surface area contributed by atoms with Gasteiger partial charge in [0.15, 0.2) is 5.82 Å². The number of methoxy groups -OCH3 is 1. The fourth-order valence-electron chi connectivity index (χ4n) is 4.28. The molecule has 3 aromatic carbocycles. The van der Waals surface area contributed by atoms with Crippen LogP contribution in [-0.4, -0.2) is 28.5 Å². The summed E-state index contributed by atoms with van der Waals surface area (Å²) in [5, 5.41) is 12.5. The van der Waals surface area contributed by atoms with Crippen molar-refractivity contribution >= 4 is 34.7 Å². The molecule has 0 aliphatic carbocycles. The van der Waals surface area contributed by atoms with E-state index < -0.39 is 0 Å². The third-order valence-electron chi connectivity index (χ3n) is 6.04. The maximum Gasteiger partial charge on any atom is 0.247 e. The molecule has 4 rings (SSSR count). The zero-order chi connectivity index (χ0) is 27.9. The van der Waals surface area contributed by atoms with Crippen LogP contribution in [0.1, 0.15) is 47.2 Å². The highest BCUT2D eigenvalue weighted by Crippen LogP contribution is 2.27. The van der Waals surface area contributed by atoms with E-state index in [0.717, 1.165) is 28.2 Å². The highest BCUT2D eigenvalue weighted by molar-refractivity contribution is 6.00. The molecule has 4 aromatic rings. The number of ether oxygens (including phenoxy) is 1. The van der Waals surface area contributed by atoms with Gasteiger partial charge in [0, 0.05) is 6.07 Å². The van der Waals surface area contributed by atoms with Crippen LogP contribution in [-0.2, 0) is 0 Å². The van der Waals surface area contributed by atoms with Crippen molar-refractivity contribution in [3.8, 4) is 5.75 Å². The third-order valence-corrected chi connectivity index (χ3v) is 6.04. The molecular formula is C31H35N7O. The number of anilines is 4. The lowest BCUT2D eigenvalue weighted by molar-refractivity contribution is 0.417. The number of hydrogen-bond acceptors (Lipinski definition) is 8. The molecule has 0 aliphatic heterocycles. The van der Waals surface area contributed by atoms with Crippen LogP contribution in [0.3, 0.4) is 0 Å². The second-order valence-corrected chi connectivity index (χ2v) is 9.66. The molecule has 3 N–H and O–H groups in total. The summed E-state index contributed by atoms with van der Waals surface area (Å²) in [4.78, 5) is 9.23. The molecule has 0 fully saturated rings. The topological polar surface area (TPSA) is 95.8 Å². The molecule has 0 radical (unpaired) electrons. The van der Waals surface area contributed by atoms with Crippen LogP contribution >= 0.6 is 0 Å². The number of rotatable bonds is 9. The molecule has 0 amide bonds. The van der Waals surface area contributed by atoms with E-state index in [4.69, 9.17) is 4.74 Å². The van der Waals surface area contributed by atoms with E-state index in [2.05, 4.69) is 100 Å². The van der Waals surface area contributed by atoms with Crippen molar-refractivity contribution in [2.45, 2.75) is 41.5 Å². The second-order valence-electron chi connectivity index (χ2n) is 9.66. The summed E-state index contributed by atoms with van der Waals surface area (Å²) in [6.45, 7) is 12.2. The van der Waals surface area contributed by atoms with Crippen LogP contribution in [0.5, 0.6) is 5.75 Å². The summed E-state index contributed by atoms with van der Waals surface area (Å²) in [5.74, 6) is 2.08. The largest absolute Gasteiger partial charge is 0.495 e. The molecule has 0 spiro atoms. The van der Waals surface area contributed by atoms with E-state index in [-0.39, 0.29) is 0 Å². The highest BCUT2D eigenvalue weighted by Gasteiger charge is 2.09. The van der Waals surface area contributed by atoms with Crippen LogP contribution in [0, 0.1) is 27.7 Å². The zero-order valence-corrected chi connectivity index (χ0v) is 23.5. The number of hydrazone groups is 2. The van der Waals surface area contributed by atoms with Gasteiger partial charge in [0.05, 0.1) is 24.2 Å². The summed E-state index contributed by atoms with van der Waals surface area (Å²) in [7, 11) is 1.63. The molecule has 200 valence electrons. The van der Waals surface area contributed by atoms with E-state index in [9.17, 15) is 0 Å². The monoisotopic (exact) mass is 521 g/mol. The maximum absolute atomic E-state index is 5.49. The Balaban J connectivity index is 1.65. The Morgan fingerprint density at radius 1 is 0.667 bits per heavy atom. The van der Waals surface area contributed by atoms with Gasteiger partial charge in [0.25, 0.3) is 0 Å². The van der Waals surface area contributed by atoms with Crippen molar-refractivity contribution in [1.82, 2.24) is 9.97 Å². The Labute approximate surface area is 230 Å². The molecule has 0 unspecified atom stereocenters. The first-order valence-corrected chi connectivity index (χ1v) is 12.8. The number of nitrogens with one attached hydrogen (secondary N) is 3. The number of aromatic nitrogens is 2. The van der Waals surface area contributed by atoms with Crippen LogP contribution in [0.15, 0.2) is 76.9 Å². The van der Waals surface area contributed by atoms with Crippen molar-refractivity contribution in [3.05, 3.63) is 100 Å². The van der Waals surface area contributed by atoms with Gasteiger partial charge in [0.1, 0.15) is 11.6 Å². The predicted octanol–water partition coefficient (Wildman–Crippen LogP) is 7.13. The lowest BCUT2D eigenvalue weighted by atomic mass is 10.0. The first-order valence-electron chi connectivity index (χ1n) is 12.8. The predicted molar refractivity (Wildman–Crippen MR) is 162 cm³/mol. The summed E-state index contributed by atoms with van der Waals surface area (Å²) >= 11 is 0. The number of hydrogen-bond donors (Lipinski definition) is 3. The Morgan fingerprint density at radius 2 is 1.18 bits per heavy atom. The van der Waals surface area contributed by atoms with Crippen molar-refractivity contribution in [1.29, 1.82) is 0 Å². The molecule has 39 heavy (non-hydrogen) atoms. The first-order chi connectivity index (χ1) is 18.7. The van der Waals surface area contributed by atoms with Gasteiger partial charge in [-0.25, -0.2) is 5.43 Å². The summed E-state index contributed by atoms with van der Waals surface area (Å²) in [5.41, 5.74) is 15.4. The van der Waals surface area contributed by atoms with Crippen LogP contribution in [0.25, 0.3) is 0 Å². The number of aryl methyl sites for hydroxylation is 4. The van der Waals surface area contributed by atoms with Gasteiger partial charge < -0.3 is 10.1 Å². The van der Waals surface area contributed by atoms with Gasteiger partial charge in [-0.3, -0.25) is 5.43 Å². The van der Waals surface area contributed by atoms with Crippen molar-refractivity contribution in [2.24, 2.45) is 10.2 Å². The first kappa shape index (κ1) is 27.3. The second kappa shape index (κ2) is 12.2. The molecule has 0 aliphatic rings. The van der Waals surface area contributed by atoms with Crippen LogP contribution in [0.2, 0.25) is 0 Å². The van der Waals surface area contributed by atoms with Crippen LogP contribution < -0.4 is 20.9 Å². The molecule has 8 nitrogen and oxygen atoms in total. The normalized spacial score (nSPS) is 11.8. The molecule has 0 saturated carbocycles. The molecule has 0 bridgehead atoms. The summed E-state index contributed by atoms with van der Waals surface area (Å²) in [6, 6.07) is 22.1. The van der Waals surface area contributed by atoms with Gasteiger partial charge in [-0.05, 0) is 64.8 Å². The quantitative estimate of drug-likeness (QED) is 0.160. The molecule has 8 heteroatoms. The van der Waals surface area contributed by atoms with Gasteiger partial charge in [-0.15, -0.1) is 0 Å². The molecular weight excluding hydrogens is 486 g/mol. The average molecular weight is 522 g/mol. The Morgan fingerprint density at radius 3 is 1.74 bits per heavy atom. The smallest absolute Gasteiger partial charge is 0.247 e. The number of para-hydroxylation sites is 2. The Bertz CT molecular complexity index is 1410. The summed E-state index contributed by atoms with van der Waals surface area (Å²) in [6.07, 6.45) is 0. The van der Waals surface area contributed by atoms with Gasteiger partial charge in [-0.1, -0.05) is 70.8 Å². The van der Waals surface area contributed by atoms with E-state index in [0.29, 0.717) is 23.3 Å².